The summed E-state index contributed by atoms with van der Waals surface area (Å²) in [5.74, 6) is -1.00. The zero-order chi connectivity index (χ0) is 13.6. The molecular weight excluding hydrogens is 238 g/mol. The van der Waals surface area contributed by atoms with Crippen LogP contribution in [0.1, 0.15) is 21.5 Å². The van der Waals surface area contributed by atoms with Gasteiger partial charge in [0.15, 0.2) is 0 Å². The van der Waals surface area contributed by atoms with Crippen molar-refractivity contribution >= 4 is 17.4 Å². The number of amides is 1. The zero-order valence-corrected chi connectivity index (χ0v) is 10.8. The maximum atomic E-state index is 11.7. The molecule has 0 bridgehead atoms. The number of carbonyl (C=O) groups is 2. The highest BCUT2D eigenvalue weighted by Crippen LogP contribution is 2.37. The Labute approximate surface area is 111 Å². The van der Waals surface area contributed by atoms with E-state index in [0.29, 0.717) is 11.3 Å². The minimum Gasteiger partial charge on any atom is -0.318 e. The molecule has 3 heteroatoms. The Morgan fingerprint density at radius 1 is 0.842 bits per heavy atom. The summed E-state index contributed by atoms with van der Waals surface area (Å²) in [6.07, 6.45) is 0. The molecule has 0 aromatic heterocycles. The third kappa shape index (κ3) is 1.66. The number of anilines is 1. The second-order valence-electron chi connectivity index (χ2n) is 4.78. The summed E-state index contributed by atoms with van der Waals surface area (Å²) in [4.78, 5) is 23.3. The molecule has 0 unspecified atom stereocenters. The number of Topliss-reactive ketones (excluding diaryl/α,β-unsaturated/α-hetero) is 1. The lowest BCUT2D eigenvalue weighted by Gasteiger charge is -2.13. The molecule has 1 heterocycles. The number of para-hydroxylation sites is 1. The summed E-state index contributed by atoms with van der Waals surface area (Å²) in [5.41, 5.74) is 5.34. The number of fused-ring (bicyclic) bond motifs is 1. The summed E-state index contributed by atoms with van der Waals surface area (Å²) < 4.78 is 0. The number of hydrogen-bond donors (Lipinski definition) is 1. The van der Waals surface area contributed by atoms with Gasteiger partial charge >= 0.3 is 0 Å². The van der Waals surface area contributed by atoms with Crippen molar-refractivity contribution in [2.24, 2.45) is 0 Å². The van der Waals surface area contributed by atoms with E-state index in [-0.39, 0.29) is 0 Å². The van der Waals surface area contributed by atoms with E-state index in [1.165, 1.54) is 0 Å². The monoisotopic (exact) mass is 251 g/mol. The molecule has 2 aromatic rings. The molecule has 0 saturated carbocycles. The standard InChI is InChI=1S/C16H13NO2/c1-9-5-3-6-10(2)13(9)11-7-4-8-12-14(11)17-16(19)15(12)18/h3-8H,1-2H3,(H,17,18,19). The van der Waals surface area contributed by atoms with Crippen LogP contribution in [-0.2, 0) is 4.79 Å². The predicted molar refractivity (Wildman–Crippen MR) is 74.3 cm³/mol. The van der Waals surface area contributed by atoms with Crippen molar-refractivity contribution in [3.8, 4) is 11.1 Å². The highest BCUT2D eigenvalue weighted by molar-refractivity contribution is 6.52. The van der Waals surface area contributed by atoms with E-state index in [0.717, 1.165) is 22.3 Å². The Morgan fingerprint density at radius 3 is 2.11 bits per heavy atom. The van der Waals surface area contributed by atoms with Crippen LogP contribution in [0.5, 0.6) is 0 Å². The maximum absolute atomic E-state index is 11.7. The normalized spacial score (nSPS) is 13.4. The van der Waals surface area contributed by atoms with Crippen molar-refractivity contribution in [1.82, 2.24) is 0 Å². The number of carbonyl (C=O) groups excluding carboxylic acids is 2. The van der Waals surface area contributed by atoms with Gasteiger partial charge in [-0.15, -0.1) is 0 Å². The van der Waals surface area contributed by atoms with E-state index in [1.54, 1.807) is 6.07 Å². The molecule has 2 aromatic carbocycles. The summed E-state index contributed by atoms with van der Waals surface area (Å²) in [7, 11) is 0. The van der Waals surface area contributed by atoms with Gasteiger partial charge in [0, 0.05) is 5.56 Å². The van der Waals surface area contributed by atoms with Crippen LogP contribution in [0.3, 0.4) is 0 Å². The average molecular weight is 251 g/mol. The van der Waals surface area contributed by atoms with Crippen LogP contribution >= 0.6 is 0 Å². The third-order valence-electron chi connectivity index (χ3n) is 3.50. The molecule has 1 aliphatic heterocycles. The lowest BCUT2D eigenvalue weighted by molar-refractivity contribution is -0.112. The molecule has 0 atom stereocenters. The highest BCUT2D eigenvalue weighted by Gasteiger charge is 2.30. The summed E-state index contributed by atoms with van der Waals surface area (Å²) in [5, 5.41) is 2.68. The van der Waals surface area contributed by atoms with Crippen molar-refractivity contribution in [1.29, 1.82) is 0 Å². The number of ketones is 1. The van der Waals surface area contributed by atoms with Crippen LogP contribution in [0.15, 0.2) is 36.4 Å². The molecule has 0 spiro atoms. The fourth-order valence-electron chi connectivity index (χ4n) is 2.62. The Hall–Kier alpha value is -2.42. The van der Waals surface area contributed by atoms with Crippen LogP contribution in [-0.4, -0.2) is 11.7 Å². The molecule has 3 nitrogen and oxygen atoms in total. The van der Waals surface area contributed by atoms with E-state index < -0.39 is 11.7 Å². The van der Waals surface area contributed by atoms with Gasteiger partial charge in [0.2, 0.25) is 0 Å². The van der Waals surface area contributed by atoms with E-state index in [4.69, 9.17) is 0 Å². The SMILES string of the molecule is Cc1cccc(C)c1-c1cccc2c1NC(=O)C2=O. The first-order valence-electron chi connectivity index (χ1n) is 6.15. The van der Waals surface area contributed by atoms with E-state index in [1.807, 2.05) is 44.2 Å². The number of rotatable bonds is 1. The number of nitrogens with one attached hydrogen (secondary N) is 1. The summed E-state index contributed by atoms with van der Waals surface area (Å²) >= 11 is 0. The third-order valence-corrected chi connectivity index (χ3v) is 3.50. The van der Waals surface area contributed by atoms with Crippen molar-refractivity contribution in [3.63, 3.8) is 0 Å². The van der Waals surface area contributed by atoms with E-state index >= 15 is 0 Å². The Kier molecular flexibility index (Phi) is 2.49. The molecule has 1 amide bonds. The Balaban J connectivity index is 2.30. The maximum Gasteiger partial charge on any atom is 0.296 e. The fraction of sp³-hybridized carbons (Fsp3) is 0.125. The number of benzene rings is 2. The van der Waals surface area contributed by atoms with Crippen molar-refractivity contribution in [2.45, 2.75) is 13.8 Å². The first-order chi connectivity index (χ1) is 9.09. The van der Waals surface area contributed by atoms with E-state index in [2.05, 4.69) is 5.32 Å². The lowest BCUT2D eigenvalue weighted by Crippen LogP contribution is -2.12. The molecule has 0 saturated heterocycles. The molecular formula is C16H13NO2. The average Bonchev–Trinajstić information content (AvgIpc) is 2.67. The Morgan fingerprint density at radius 2 is 1.42 bits per heavy atom. The molecule has 3 rings (SSSR count). The number of hydrogen-bond acceptors (Lipinski definition) is 2. The van der Waals surface area contributed by atoms with Crippen LogP contribution < -0.4 is 5.32 Å². The molecule has 0 aliphatic carbocycles. The van der Waals surface area contributed by atoms with Gasteiger partial charge in [0.25, 0.3) is 11.7 Å². The topological polar surface area (TPSA) is 46.2 Å². The second-order valence-corrected chi connectivity index (χ2v) is 4.78. The molecule has 0 fully saturated rings. The van der Waals surface area contributed by atoms with Gasteiger partial charge in [-0.2, -0.15) is 0 Å². The van der Waals surface area contributed by atoms with Crippen molar-refractivity contribution in [3.05, 3.63) is 53.1 Å². The van der Waals surface area contributed by atoms with Crippen molar-refractivity contribution < 1.29 is 9.59 Å². The van der Waals surface area contributed by atoms with Gasteiger partial charge in [0.05, 0.1) is 11.3 Å². The van der Waals surface area contributed by atoms with Crippen LogP contribution in [0.4, 0.5) is 5.69 Å². The molecule has 19 heavy (non-hydrogen) atoms. The smallest absolute Gasteiger partial charge is 0.296 e. The molecule has 1 N–H and O–H groups in total. The second kappa shape index (κ2) is 4.05. The van der Waals surface area contributed by atoms with Gasteiger partial charge in [-0.1, -0.05) is 30.3 Å². The van der Waals surface area contributed by atoms with Gasteiger partial charge in [0.1, 0.15) is 0 Å². The highest BCUT2D eigenvalue weighted by atomic mass is 16.2. The molecule has 0 radical (unpaired) electrons. The van der Waals surface area contributed by atoms with Crippen LogP contribution in [0, 0.1) is 13.8 Å². The lowest BCUT2D eigenvalue weighted by atomic mass is 9.93. The van der Waals surface area contributed by atoms with Gasteiger partial charge in [-0.25, -0.2) is 0 Å². The van der Waals surface area contributed by atoms with Crippen molar-refractivity contribution in [2.75, 3.05) is 5.32 Å². The zero-order valence-electron chi connectivity index (χ0n) is 10.8. The predicted octanol–water partition coefficient (Wildman–Crippen LogP) is 3.11. The number of aryl methyl sites for hydroxylation is 2. The van der Waals surface area contributed by atoms with Gasteiger partial charge in [-0.3, -0.25) is 9.59 Å². The minimum absolute atomic E-state index is 0.455. The first-order valence-corrected chi connectivity index (χ1v) is 6.15. The van der Waals surface area contributed by atoms with Gasteiger partial charge < -0.3 is 5.32 Å². The van der Waals surface area contributed by atoms with Crippen LogP contribution in [0.2, 0.25) is 0 Å². The first kappa shape index (κ1) is 11.7. The van der Waals surface area contributed by atoms with Crippen LogP contribution in [0.25, 0.3) is 11.1 Å². The quantitative estimate of drug-likeness (QED) is 0.791. The Bertz CT molecular complexity index is 696. The largest absolute Gasteiger partial charge is 0.318 e. The van der Waals surface area contributed by atoms with Gasteiger partial charge in [-0.05, 0) is 36.6 Å². The summed E-state index contributed by atoms with van der Waals surface area (Å²) in [6.45, 7) is 4.06. The molecule has 1 aliphatic rings. The fourth-order valence-corrected chi connectivity index (χ4v) is 2.62. The minimum atomic E-state index is -0.548. The summed E-state index contributed by atoms with van der Waals surface area (Å²) in [6, 6.07) is 11.5. The van der Waals surface area contributed by atoms with E-state index in [9.17, 15) is 9.59 Å². The molecule has 94 valence electrons.